The van der Waals surface area contributed by atoms with E-state index in [0.29, 0.717) is 45.2 Å². The number of aliphatic hydroxyl groups excluding tert-OH is 4. The van der Waals surface area contributed by atoms with Crippen molar-refractivity contribution in [2.75, 3.05) is 24.7 Å². The summed E-state index contributed by atoms with van der Waals surface area (Å²) in [5, 5.41) is 45.5. The van der Waals surface area contributed by atoms with Crippen LogP contribution in [0.5, 0.6) is 11.5 Å². The van der Waals surface area contributed by atoms with Crippen LogP contribution >= 0.6 is 0 Å². The number of nitrogens with two attached hydrogens (primary N) is 2. The fourth-order valence-electron chi connectivity index (χ4n) is 7.69. The number of nitrogen functional groups attached to an aromatic ring is 2. The molecule has 0 saturated carbocycles. The lowest BCUT2D eigenvalue weighted by Gasteiger charge is -2.17. The van der Waals surface area contributed by atoms with Crippen molar-refractivity contribution in [2.24, 2.45) is 0 Å². The molecule has 8 N–H and O–H groups in total. The number of nitrogens with zero attached hydrogens (tertiary/aromatic N) is 8. The highest BCUT2D eigenvalue weighted by Crippen LogP contribution is 2.35. The summed E-state index contributed by atoms with van der Waals surface area (Å²) in [4.78, 5) is 25.3. The Bertz CT molecular complexity index is 2910. The summed E-state index contributed by atoms with van der Waals surface area (Å²) < 4.78 is 26.8. The molecule has 18 heteroatoms. The second-order valence-electron chi connectivity index (χ2n) is 15.0. The second kappa shape index (κ2) is 16.9. The third-order valence-corrected chi connectivity index (χ3v) is 11.2. The number of rotatable bonds is 10. The summed E-state index contributed by atoms with van der Waals surface area (Å²) in [6, 6.07) is 18.8. The van der Waals surface area contributed by atoms with Crippen LogP contribution in [0.4, 0.5) is 11.6 Å². The van der Waals surface area contributed by atoms with Crippen LogP contribution in [0.1, 0.15) is 30.5 Å². The van der Waals surface area contributed by atoms with Gasteiger partial charge in [-0.05, 0) is 66.1 Å². The number of aryl methyl sites for hydroxylation is 1. The van der Waals surface area contributed by atoms with Gasteiger partial charge in [0.05, 0.1) is 21.8 Å². The van der Waals surface area contributed by atoms with Crippen LogP contribution < -0.4 is 20.9 Å². The standard InChI is InChI=1S/C22H23N5O4.C22H21N5O4/c2*1-2-12-7-13-3-4-14(8-16(13)24-9-12)30-10-17-18(28)19(29)22(31-17)27-6-5-15-20(23)25-11-26-21(15)27/h3-9,11,17-19,22,28-29H,2,10H2,1H3,(H2,23,25,26);2-9,11,17-19,22,28-29H,1,10H2,(H2,23,25,26)/t2*17-,18-,19-,22-/m11/s1. The molecule has 0 spiro atoms. The van der Waals surface area contributed by atoms with Gasteiger partial charge in [-0.1, -0.05) is 19.6 Å². The Morgan fingerprint density at radius 2 is 1.15 bits per heavy atom. The van der Waals surface area contributed by atoms with Gasteiger partial charge in [-0.15, -0.1) is 0 Å². The van der Waals surface area contributed by atoms with Crippen molar-refractivity contribution in [3.63, 3.8) is 0 Å². The van der Waals surface area contributed by atoms with Crippen molar-refractivity contribution in [1.29, 1.82) is 0 Å². The molecular formula is C44H44N10O8. The summed E-state index contributed by atoms with van der Waals surface area (Å²) in [5.74, 6) is 1.88. The molecule has 18 nitrogen and oxygen atoms in total. The molecule has 2 fully saturated rings. The first-order chi connectivity index (χ1) is 30.1. The normalized spacial score (nSPS) is 23.5. The van der Waals surface area contributed by atoms with E-state index >= 15 is 0 Å². The van der Waals surface area contributed by atoms with Gasteiger partial charge < -0.3 is 60.0 Å². The number of fused-ring (bicyclic) bond motifs is 4. The smallest absolute Gasteiger partial charge is 0.164 e. The monoisotopic (exact) mass is 840 g/mol. The van der Waals surface area contributed by atoms with Crippen molar-refractivity contribution in [1.82, 2.24) is 39.0 Å². The van der Waals surface area contributed by atoms with Gasteiger partial charge in [0.25, 0.3) is 0 Å². The molecule has 8 aromatic rings. The first-order valence-corrected chi connectivity index (χ1v) is 19.9. The minimum absolute atomic E-state index is 0.0568. The first kappa shape index (κ1) is 40.6. The van der Waals surface area contributed by atoms with Crippen molar-refractivity contribution >= 4 is 61.6 Å². The molecule has 318 valence electrons. The molecule has 0 aliphatic carbocycles. The molecule has 2 aromatic carbocycles. The largest absolute Gasteiger partial charge is 0.491 e. The summed E-state index contributed by atoms with van der Waals surface area (Å²) >= 11 is 0. The van der Waals surface area contributed by atoms with E-state index in [4.69, 9.17) is 30.4 Å². The zero-order valence-corrected chi connectivity index (χ0v) is 33.4. The zero-order valence-electron chi connectivity index (χ0n) is 33.4. The van der Waals surface area contributed by atoms with Crippen LogP contribution in [-0.4, -0.2) is 109 Å². The zero-order chi connectivity index (χ0) is 43.1. The molecule has 8 atom stereocenters. The summed E-state index contributed by atoms with van der Waals surface area (Å²) in [7, 11) is 0. The average molecular weight is 841 g/mol. The van der Waals surface area contributed by atoms with Gasteiger partial charge in [-0.2, -0.15) is 0 Å². The number of hydrogen-bond acceptors (Lipinski definition) is 16. The van der Waals surface area contributed by atoms with E-state index in [1.807, 2.05) is 48.7 Å². The molecule has 62 heavy (non-hydrogen) atoms. The van der Waals surface area contributed by atoms with E-state index in [0.717, 1.165) is 33.8 Å². The van der Waals surface area contributed by atoms with Crippen molar-refractivity contribution < 1.29 is 39.4 Å². The lowest BCUT2D eigenvalue weighted by Crippen LogP contribution is -2.34. The minimum Gasteiger partial charge on any atom is -0.491 e. The SMILES string of the molecule is C=Cc1cnc2cc(OC[C@H]3O[C@@H](n4ccc5c(N)ncnc54)[C@H](O)[C@@H]3O)ccc2c1.CCc1cnc2cc(OC[C@H]3O[C@@H](n4ccc5c(N)ncnc54)[C@H](O)[C@@H]3O)ccc2c1. The van der Waals surface area contributed by atoms with Gasteiger partial charge >= 0.3 is 0 Å². The average Bonchev–Trinajstić information content (AvgIpc) is 4.06. The molecule has 2 saturated heterocycles. The van der Waals surface area contributed by atoms with E-state index in [1.165, 1.54) is 18.2 Å². The maximum Gasteiger partial charge on any atom is 0.164 e. The lowest BCUT2D eigenvalue weighted by molar-refractivity contribution is -0.0471. The van der Waals surface area contributed by atoms with Crippen LogP contribution in [0.3, 0.4) is 0 Å². The third kappa shape index (κ3) is 7.70. The number of anilines is 2. The summed E-state index contributed by atoms with van der Waals surface area (Å²) in [6.45, 7) is 5.97. The number of aliphatic hydroxyl groups is 4. The van der Waals surface area contributed by atoms with Gasteiger partial charge in [0, 0.05) is 47.7 Å². The highest BCUT2D eigenvalue weighted by molar-refractivity contribution is 5.87. The lowest BCUT2D eigenvalue weighted by atomic mass is 10.1. The fraction of sp³-hybridized carbons (Fsp3) is 0.273. The predicted octanol–water partition coefficient (Wildman–Crippen LogP) is 3.73. The van der Waals surface area contributed by atoms with E-state index in [9.17, 15) is 20.4 Å². The molecule has 2 aliphatic rings. The Hall–Kier alpha value is -6.80. The third-order valence-electron chi connectivity index (χ3n) is 11.2. The van der Waals surface area contributed by atoms with Gasteiger partial charge in [0.15, 0.2) is 12.5 Å². The maximum absolute atomic E-state index is 10.6. The van der Waals surface area contributed by atoms with Gasteiger partial charge in [-0.25, -0.2) is 19.9 Å². The van der Waals surface area contributed by atoms with Crippen LogP contribution in [0.25, 0.3) is 49.9 Å². The predicted molar refractivity (Wildman–Crippen MR) is 230 cm³/mol. The van der Waals surface area contributed by atoms with E-state index in [2.05, 4.69) is 49.5 Å². The van der Waals surface area contributed by atoms with Crippen molar-refractivity contribution in [2.45, 2.75) is 62.4 Å². The number of ether oxygens (including phenoxy) is 4. The highest BCUT2D eigenvalue weighted by atomic mass is 16.6. The minimum atomic E-state index is -1.16. The van der Waals surface area contributed by atoms with Gasteiger partial charge in [-0.3, -0.25) is 9.97 Å². The van der Waals surface area contributed by atoms with Crippen LogP contribution in [0, 0.1) is 0 Å². The fourth-order valence-corrected chi connectivity index (χ4v) is 7.69. The Morgan fingerprint density at radius 1 is 0.645 bits per heavy atom. The van der Waals surface area contributed by atoms with Crippen molar-refractivity contribution in [3.05, 3.63) is 116 Å². The van der Waals surface area contributed by atoms with E-state index < -0.39 is 49.1 Å². The van der Waals surface area contributed by atoms with Crippen molar-refractivity contribution in [3.8, 4) is 11.5 Å². The molecular weight excluding hydrogens is 797 g/mol. The number of hydrogen-bond donors (Lipinski definition) is 6. The molecule has 0 amide bonds. The highest BCUT2D eigenvalue weighted by Gasteiger charge is 2.45. The molecule has 2 aliphatic heterocycles. The first-order valence-electron chi connectivity index (χ1n) is 19.9. The van der Waals surface area contributed by atoms with Gasteiger partial charge in [0.2, 0.25) is 0 Å². The number of aromatic nitrogens is 8. The van der Waals surface area contributed by atoms with E-state index in [1.54, 1.807) is 45.9 Å². The van der Waals surface area contributed by atoms with Crippen LogP contribution in [-0.2, 0) is 15.9 Å². The molecule has 0 bridgehead atoms. The topological polar surface area (TPSA) is 257 Å². The number of benzene rings is 2. The maximum atomic E-state index is 10.6. The molecule has 8 heterocycles. The van der Waals surface area contributed by atoms with Gasteiger partial charge in [0.1, 0.15) is 96.9 Å². The Balaban J connectivity index is 0.000000158. The van der Waals surface area contributed by atoms with Crippen LogP contribution in [0.15, 0.2) is 105 Å². The summed E-state index contributed by atoms with van der Waals surface area (Å²) in [5.41, 5.74) is 16.5. The summed E-state index contributed by atoms with van der Waals surface area (Å²) in [6.07, 6.45) is 4.72. The Kier molecular flexibility index (Phi) is 11.1. The molecule has 0 radical (unpaired) electrons. The molecule has 10 rings (SSSR count). The molecule has 0 unspecified atom stereocenters. The van der Waals surface area contributed by atoms with E-state index in [-0.39, 0.29) is 13.2 Å². The number of pyridine rings is 2. The quantitative estimate of drug-likeness (QED) is 0.115. The molecule has 6 aromatic heterocycles. The van der Waals surface area contributed by atoms with Crippen LogP contribution in [0.2, 0.25) is 0 Å². The second-order valence-corrected chi connectivity index (χ2v) is 15.0. The Labute approximate surface area is 353 Å². The Morgan fingerprint density at radius 3 is 1.65 bits per heavy atom.